The normalized spacial score (nSPS) is 19.3. The van der Waals surface area contributed by atoms with Crippen molar-refractivity contribution in [3.63, 3.8) is 0 Å². The Morgan fingerprint density at radius 1 is 1.27 bits per heavy atom. The number of hydrogen-bond donors (Lipinski definition) is 0. The molecule has 0 saturated heterocycles. The highest BCUT2D eigenvalue weighted by atomic mass is 32.2. The lowest BCUT2D eigenvalue weighted by Gasteiger charge is -2.22. The molecule has 1 nitrogen and oxygen atoms in total. The highest BCUT2D eigenvalue weighted by molar-refractivity contribution is 8.07. The summed E-state index contributed by atoms with van der Waals surface area (Å²) in [5.74, 6) is 0. The van der Waals surface area contributed by atoms with Crippen LogP contribution in [0.15, 0.2) is 40.8 Å². The van der Waals surface area contributed by atoms with Crippen molar-refractivity contribution in [1.82, 2.24) is 4.90 Å². The first-order chi connectivity index (χ1) is 7.27. The Hall–Kier alpha value is -1.15. The van der Waals surface area contributed by atoms with E-state index in [1.807, 2.05) is 11.8 Å². The van der Waals surface area contributed by atoms with Crippen LogP contribution < -0.4 is 0 Å². The smallest absolute Gasteiger partial charge is 0.0722 e. The Morgan fingerprint density at radius 3 is 2.93 bits per heavy atom. The van der Waals surface area contributed by atoms with E-state index in [1.54, 1.807) is 0 Å². The van der Waals surface area contributed by atoms with Gasteiger partial charge in [0.15, 0.2) is 0 Å². The van der Waals surface area contributed by atoms with E-state index in [-0.39, 0.29) is 0 Å². The van der Waals surface area contributed by atoms with Crippen molar-refractivity contribution in [2.24, 2.45) is 0 Å². The minimum absolute atomic E-state index is 1.15. The summed E-state index contributed by atoms with van der Waals surface area (Å²) in [6, 6.07) is 8.70. The van der Waals surface area contributed by atoms with E-state index in [2.05, 4.69) is 42.8 Å². The summed E-state index contributed by atoms with van der Waals surface area (Å²) in [7, 11) is 2.11. The van der Waals surface area contributed by atoms with Gasteiger partial charge in [-0.15, -0.1) is 0 Å². The maximum Gasteiger partial charge on any atom is 0.0722 e. The van der Waals surface area contributed by atoms with Gasteiger partial charge in [-0.3, -0.25) is 0 Å². The fraction of sp³-hybridized carbons (Fsp3) is 0.231. The largest absolute Gasteiger partial charge is 0.338 e. The van der Waals surface area contributed by atoms with Crippen molar-refractivity contribution in [1.29, 1.82) is 0 Å². The molecule has 1 aliphatic heterocycles. The number of allylic oxidation sites excluding steroid dienone is 1. The van der Waals surface area contributed by atoms with Crippen molar-refractivity contribution in [3.05, 3.63) is 51.9 Å². The van der Waals surface area contributed by atoms with Crippen LogP contribution in [0.3, 0.4) is 0 Å². The fourth-order valence-corrected chi connectivity index (χ4v) is 3.35. The minimum Gasteiger partial charge on any atom is -0.338 e. The van der Waals surface area contributed by atoms with E-state index in [1.165, 1.54) is 34.6 Å². The predicted octanol–water partition coefficient (Wildman–Crippen LogP) is 3.45. The zero-order valence-corrected chi connectivity index (χ0v) is 9.60. The second-order valence-electron chi connectivity index (χ2n) is 3.98. The number of nitrogens with zero attached hydrogens (tertiary/aromatic N) is 1. The first-order valence-electron chi connectivity index (χ1n) is 5.19. The van der Waals surface area contributed by atoms with Crippen LogP contribution in [0.25, 0.3) is 5.70 Å². The average molecular weight is 215 g/mol. The molecule has 0 N–H and O–H groups in total. The van der Waals surface area contributed by atoms with Gasteiger partial charge in [0.1, 0.15) is 0 Å². The van der Waals surface area contributed by atoms with Crippen LogP contribution in [0.4, 0.5) is 0 Å². The maximum absolute atomic E-state index is 4.08. The molecule has 0 spiro atoms. The van der Waals surface area contributed by atoms with E-state index in [0.29, 0.717) is 0 Å². The van der Waals surface area contributed by atoms with Gasteiger partial charge >= 0.3 is 0 Å². The molecule has 1 aromatic rings. The quantitative estimate of drug-likeness (QED) is 0.652. The number of aryl methyl sites for hydroxylation is 1. The second-order valence-corrected chi connectivity index (χ2v) is 5.15. The average Bonchev–Trinajstić information content (AvgIpc) is 2.55. The molecule has 0 amide bonds. The first-order valence-corrected chi connectivity index (χ1v) is 6.01. The molecule has 0 aromatic heterocycles. The summed E-state index contributed by atoms with van der Waals surface area (Å²) in [6.07, 6.45) is 2.34. The molecular formula is C13H13NS. The van der Waals surface area contributed by atoms with Gasteiger partial charge in [0.05, 0.1) is 10.7 Å². The van der Waals surface area contributed by atoms with Crippen LogP contribution in [-0.2, 0) is 6.42 Å². The lowest BCUT2D eigenvalue weighted by molar-refractivity contribution is 0.642. The molecular weight excluding hydrogens is 202 g/mol. The van der Waals surface area contributed by atoms with Gasteiger partial charge in [0, 0.05) is 17.5 Å². The van der Waals surface area contributed by atoms with Gasteiger partial charge in [0.2, 0.25) is 0 Å². The second kappa shape index (κ2) is 3.17. The van der Waals surface area contributed by atoms with Gasteiger partial charge < -0.3 is 4.90 Å². The highest BCUT2D eigenvalue weighted by Crippen LogP contribution is 2.48. The molecule has 1 heterocycles. The van der Waals surface area contributed by atoms with Gasteiger partial charge in [-0.05, 0) is 18.4 Å². The molecule has 0 unspecified atom stereocenters. The molecule has 0 saturated carbocycles. The fourth-order valence-electron chi connectivity index (χ4n) is 2.29. The van der Waals surface area contributed by atoms with Crippen molar-refractivity contribution in [3.8, 4) is 0 Å². The Bertz CT molecular complexity index is 473. The van der Waals surface area contributed by atoms with Crippen molar-refractivity contribution in [2.45, 2.75) is 12.8 Å². The van der Waals surface area contributed by atoms with E-state index in [0.717, 1.165) is 5.03 Å². The molecule has 3 rings (SSSR count). The third-order valence-electron chi connectivity index (χ3n) is 3.11. The summed E-state index contributed by atoms with van der Waals surface area (Å²) >= 11 is 1.83. The summed E-state index contributed by atoms with van der Waals surface area (Å²) in [6.45, 7) is 4.08. The van der Waals surface area contributed by atoms with Gasteiger partial charge in [-0.2, -0.15) is 0 Å². The van der Waals surface area contributed by atoms with E-state index in [9.17, 15) is 0 Å². The SMILES string of the molecule is C=C1SC2=C(c3ccccc3CC2)N1C. The number of hydrogen-bond acceptors (Lipinski definition) is 2. The molecule has 2 aliphatic rings. The lowest BCUT2D eigenvalue weighted by atomic mass is 9.94. The standard InChI is InChI=1S/C13H13NS/c1-9-14(2)13-11-6-4-3-5-10(11)7-8-12(13)15-9/h3-6H,1,7-8H2,2H3. The number of thioether (sulfide) groups is 1. The van der Waals surface area contributed by atoms with Crippen LogP contribution in [0.2, 0.25) is 0 Å². The topological polar surface area (TPSA) is 3.24 Å². The van der Waals surface area contributed by atoms with Crippen LogP contribution in [0, 0.1) is 0 Å². The summed E-state index contributed by atoms with van der Waals surface area (Å²) in [5, 5.41) is 1.15. The third kappa shape index (κ3) is 1.25. The number of fused-ring (bicyclic) bond motifs is 2. The molecule has 1 aliphatic carbocycles. The zero-order valence-electron chi connectivity index (χ0n) is 8.79. The number of benzene rings is 1. The summed E-state index contributed by atoms with van der Waals surface area (Å²) in [4.78, 5) is 3.71. The molecule has 0 atom stereocenters. The van der Waals surface area contributed by atoms with Crippen molar-refractivity contribution in [2.75, 3.05) is 7.05 Å². The number of rotatable bonds is 0. The van der Waals surface area contributed by atoms with Crippen molar-refractivity contribution < 1.29 is 0 Å². The van der Waals surface area contributed by atoms with Gasteiger partial charge in [0.25, 0.3) is 0 Å². The highest BCUT2D eigenvalue weighted by Gasteiger charge is 2.29. The monoisotopic (exact) mass is 215 g/mol. The van der Waals surface area contributed by atoms with Crippen LogP contribution in [0.5, 0.6) is 0 Å². The van der Waals surface area contributed by atoms with E-state index < -0.39 is 0 Å². The minimum atomic E-state index is 1.15. The van der Waals surface area contributed by atoms with Gasteiger partial charge in [-0.1, -0.05) is 42.6 Å². The predicted molar refractivity (Wildman–Crippen MR) is 66.2 cm³/mol. The zero-order chi connectivity index (χ0) is 10.4. The summed E-state index contributed by atoms with van der Waals surface area (Å²) < 4.78 is 0. The Morgan fingerprint density at radius 2 is 2.07 bits per heavy atom. The van der Waals surface area contributed by atoms with Crippen LogP contribution in [0.1, 0.15) is 17.5 Å². The molecule has 0 bridgehead atoms. The van der Waals surface area contributed by atoms with Crippen molar-refractivity contribution >= 4 is 17.5 Å². The molecule has 2 heteroatoms. The van der Waals surface area contributed by atoms with Crippen LogP contribution >= 0.6 is 11.8 Å². The lowest BCUT2D eigenvalue weighted by Crippen LogP contribution is -2.13. The molecule has 0 fully saturated rings. The molecule has 1 aromatic carbocycles. The molecule has 15 heavy (non-hydrogen) atoms. The van der Waals surface area contributed by atoms with Crippen LogP contribution in [-0.4, -0.2) is 11.9 Å². The van der Waals surface area contributed by atoms with E-state index >= 15 is 0 Å². The van der Waals surface area contributed by atoms with Gasteiger partial charge in [-0.25, -0.2) is 0 Å². The van der Waals surface area contributed by atoms with E-state index in [4.69, 9.17) is 0 Å². The Balaban J connectivity index is 2.18. The maximum atomic E-state index is 4.08. The molecule has 0 radical (unpaired) electrons. The third-order valence-corrected chi connectivity index (χ3v) is 4.26. The Kier molecular flexibility index (Phi) is 1.93. The summed E-state index contributed by atoms with van der Waals surface area (Å²) in [5.41, 5.74) is 4.25. The Labute approximate surface area is 94.5 Å². The first kappa shape index (κ1) is 9.10. The molecule has 76 valence electrons.